The predicted octanol–water partition coefficient (Wildman–Crippen LogP) is 2.73. The van der Waals surface area contributed by atoms with Gasteiger partial charge in [0.25, 0.3) is 0 Å². The van der Waals surface area contributed by atoms with Gasteiger partial charge in [-0.3, -0.25) is 4.79 Å². The second-order valence-electron chi connectivity index (χ2n) is 6.74. The molecule has 1 aliphatic rings. The quantitative estimate of drug-likeness (QED) is 0.773. The Hall–Kier alpha value is -0.570. The number of rotatable bonds is 3. The molecule has 0 radical (unpaired) electrons. The topological polar surface area (TPSA) is 52.3 Å². The maximum absolute atomic E-state index is 11.8. The van der Waals surface area contributed by atoms with E-state index in [1.807, 2.05) is 13.8 Å². The molecule has 1 aliphatic carbocycles. The fourth-order valence-electron chi connectivity index (χ4n) is 2.86. The van der Waals surface area contributed by atoms with Crippen molar-refractivity contribution < 1.29 is 9.53 Å². The van der Waals surface area contributed by atoms with Crippen LogP contribution in [0.25, 0.3) is 0 Å². The Kier molecular flexibility index (Phi) is 4.59. The summed E-state index contributed by atoms with van der Waals surface area (Å²) in [6.07, 6.45) is 3.18. The van der Waals surface area contributed by atoms with Crippen LogP contribution in [-0.4, -0.2) is 18.1 Å². The number of esters is 1. The molecule has 0 aliphatic heterocycles. The number of hydrogen-bond donors (Lipinski definition) is 1. The van der Waals surface area contributed by atoms with Crippen molar-refractivity contribution >= 4 is 5.97 Å². The summed E-state index contributed by atoms with van der Waals surface area (Å²) in [6, 6.07) is -0.490. The minimum atomic E-state index is -0.490. The van der Waals surface area contributed by atoms with Crippen molar-refractivity contribution in [1.29, 1.82) is 0 Å². The lowest BCUT2D eigenvalue weighted by atomic mass is 9.71. The Morgan fingerprint density at radius 1 is 1.35 bits per heavy atom. The van der Waals surface area contributed by atoms with Crippen molar-refractivity contribution in [2.45, 2.75) is 66.0 Å². The van der Waals surface area contributed by atoms with Gasteiger partial charge in [-0.15, -0.1) is 0 Å². The molecule has 0 aromatic rings. The molecule has 3 unspecified atom stereocenters. The van der Waals surface area contributed by atoms with Gasteiger partial charge in [0.15, 0.2) is 0 Å². The highest BCUT2D eigenvalue weighted by molar-refractivity contribution is 5.75. The largest absolute Gasteiger partial charge is 0.461 e. The zero-order valence-electron chi connectivity index (χ0n) is 11.8. The highest BCUT2D eigenvalue weighted by Gasteiger charge is 2.34. The lowest BCUT2D eigenvalue weighted by molar-refractivity contribution is -0.156. The zero-order valence-corrected chi connectivity index (χ0v) is 11.8. The van der Waals surface area contributed by atoms with E-state index in [0.717, 1.165) is 12.8 Å². The molecule has 0 amide bonds. The number of carbonyl (C=O) groups excluding carboxylic acids is 1. The molecule has 3 atom stereocenters. The van der Waals surface area contributed by atoms with Crippen molar-refractivity contribution in [3.63, 3.8) is 0 Å². The maximum Gasteiger partial charge on any atom is 0.323 e. The minimum absolute atomic E-state index is 0.0473. The molecule has 0 heterocycles. The first-order valence-corrected chi connectivity index (χ1v) is 6.67. The van der Waals surface area contributed by atoms with Crippen LogP contribution in [0.3, 0.4) is 0 Å². The normalized spacial score (nSPS) is 30.1. The Bertz CT molecular complexity index is 273. The summed E-state index contributed by atoms with van der Waals surface area (Å²) >= 11 is 0. The average Bonchev–Trinajstić information content (AvgIpc) is 2.12. The number of nitrogens with two attached hydrogens (primary N) is 1. The van der Waals surface area contributed by atoms with Gasteiger partial charge in [-0.05, 0) is 36.5 Å². The zero-order chi connectivity index (χ0) is 13.2. The average molecular weight is 241 g/mol. The molecule has 0 aromatic carbocycles. The van der Waals surface area contributed by atoms with Gasteiger partial charge < -0.3 is 10.5 Å². The summed E-state index contributed by atoms with van der Waals surface area (Å²) in [4.78, 5) is 11.8. The van der Waals surface area contributed by atoms with E-state index in [4.69, 9.17) is 10.5 Å². The van der Waals surface area contributed by atoms with Crippen molar-refractivity contribution in [1.82, 2.24) is 0 Å². The molecule has 0 spiro atoms. The van der Waals surface area contributed by atoms with Crippen LogP contribution in [-0.2, 0) is 9.53 Å². The van der Waals surface area contributed by atoms with Crippen LogP contribution in [0.1, 0.15) is 53.9 Å². The number of hydrogen-bond acceptors (Lipinski definition) is 3. The van der Waals surface area contributed by atoms with Crippen molar-refractivity contribution in [3.8, 4) is 0 Å². The molecule has 17 heavy (non-hydrogen) atoms. The number of ether oxygens (including phenoxy) is 1. The molecule has 0 bridgehead atoms. The Labute approximate surface area is 105 Å². The molecule has 2 N–H and O–H groups in total. The van der Waals surface area contributed by atoms with Gasteiger partial charge in [-0.25, -0.2) is 0 Å². The van der Waals surface area contributed by atoms with Crippen LogP contribution in [0.2, 0.25) is 0 Å². The third kappa shape index (κ3) is 4.30. The monoisotopic (exact) mass is 241 g/mol. The molecule has 3 heteroatoms. The van der Waals surface area contributed by atoms with Crippen molar-refractivity contribution in [2.24, 2.45) is 23.0 Å². The second-order valence-corrected chi connectivity index (χ2v) is 6.74. The Morgan fingerprint density at radius 3 is 2.41 bits per heavy atom. The third-order valence-corrected chi connectivity index (χ3v) is 3.62. The summed E-state index contributed by atoms with van der Waals surface area (Å²) in [5.74, 6) is 0.512. The summed E-state index contributed by atoms with van der Waals surface area (Å²) in [6.45, 7) is 10.6. The smallest absolute Gasteiger partial charge is 0.323 e. The molecule has 0 saturated heterocycles. The molecule has 100 valence electrons. The Balaban J connectivity index is 2.54. The van der Waals surface area contributed by atoms with Gasteiger partial charge in [-0.2, -0.15) is 0 Å². The van der Waals surface area contributed by atoms with Crippen LogP contribution < -0.4 is 5.73 Å². The third-order valence-electron chi connectivity index (χ3n) is 3.62. The number of carbonyl (C=O) groups is 1. The van der Waals surface area contributed by atoms with E-state index >= 15 is 0 Å². The highest BCUT2D eigenvalue weighted by Crippen LogP contribution is 2.39. The minimum Gasteiger partial charge on any atom is -0.461 e. The van der Waals surface area contributed by atoms with E-state index in [1.54, 1.807) is 0 Å². The highest BCUT2D eigenvalue weighted by atomic mass is 16.5. The maximum atomic E-state index is 11.8. The first-order valence-electron chi connectivity index (χ1n) is 6.67. The van der Waals surface area contributed by atoms with Gasteiger partial charge in [0.05, 0.1) is 0 Å². The van der Waals surface area contributed by atoms with Crippen LogP contribution in [0.5, 0.6) is 0 Å². The molecule has 1 fully saturated rings. The van der Waals surface area contributed by atoms with E-state index < -0.39 is 6.04 Å². The summed E-state index contributed by atoms with van der Waals surface area (Å²) < 4.78 is 5.56. The molecule has 0 aromatic heterocycles. The van der Waals surface area contributed by atoms with Gasteiger partial charge in [0.1, 0.15) is 12.1 Å². The first-order chi connectivity index (χ1) is 7.71. The fourth-order valence-corrected chi connectivity index (χ4v) is 2.86. The van der Waals surface area contributed by atoms with E-state index in [0.29, 0.717) is 5.92 Å². The van der Waals surface area contributed by atoms with Gasteiger partial charge in [-0.1, -0.05) is 34.6 Å². The van der Waals surface area contributed by atoms with E-state index in [9.17, 15) is 4.79 Å². The SMILES string of the molecule is CC1CC(OC(=O)C(N)C(C)C)CC(C)(C)C1. The van der Waals surface area contributed by atoms with Crippen LogP contribution in [0.4, 0.5) is 0 Å². The van der Waals surface area contributed by atoms with Crippen molar-refractivity contribution in [3.05, 3.63) is 0 Å². The molecule has 3 nitrogen and oxygen atoms in total. The van der Waals surface area contributed by atoms with Gasteiger partial charge in [0.2, 0.25) is 0 Å². The van der Waals surface area contributed by atoms with Crippen LogP contribution >= 0.6 is 0 Å². The standard InChI is InChI=1S/C14H27NO2/c1-9(2)12(15)13(16)17-11-6-10(3)7-14(4,5)8-11/h9-12H,6-8,15H2,1-5H3. The molecule has 1 rings (SSSR count). The lowest BCUT2D eigenvalue weighted by Crippen LogP contribution is -2.41. The molecular weight excluding hydrogens is 214 g/mol. The van der Waals surface area contributed by atoms with Gasteiger partial charge in [0, 0.05) is 0 Å². The fraction of sp³-hybridized carbons (Fsp3) is 0.929. The summed E-state index contributed by atoms with van der Waals surface area (Å²) in [5, 5.41) is 0. The molecular formula is C14H27NO2. The van der Waals surface area contributed by atoms with Crippen molar-refractivity contribution in [2.75, 3.05) is 0 Å². The van der Waals surface area contributed by atoms with E-state index in [2.05, 4.69) is 20.8 Å². The van der Waals surface area contributed by atoms with E-state index in [-0.39, 0.29) is 23.4 Å². The van der Waals surface area contributed by atoms with E-state index in [1.165, 1.54) is 6.42 Å². The summed E-state index contributed by atoms with van der Waals surface area (Å²) in [5.41, 5.74) is 6.07. The summed E-state index contributed by atoms with van der Waals surface area (Å²) in [7, 11) is 0. The molecule has 1 saturated carbocycles. The van der Waals surface area contributed by atoms with Crippen LogP contribution in [0.15, 0.2) is 0 Å². The second kappa shape index (κ2) is 5.38. The van der Waals surface area contributed by atoms with Crippen LogP contribution in [0, 0.1) is 17.3 Å². The lowest BCUT2D eigenvalue weighted by Gasteiger charge is -2.38. The first kappa shape index (κ1) is 14.5. The van der Waals surface area contributed by atoms with Gasteiger partial charge >= 0.3 is 5.97 Å². The Morgan fingerprint density at radius 2 is 1.94 bits per heavy atom. The predicted molar refractivity (Wildman–Crippen MR) is 69.5 cm³/mol.